The number of hydrogen-bond donors (Lipinski definition) is 1. The third-order valence-electron chi connectivity index (χ3n) is 5.83. The van der Waals surface area contributed by atoms with E-state index in [4.69, 9.17) is 14.2 Å². The van der Waals surface area contributed by atoms with Crippen molar-refractivity contribution in [1.29, 1.82) is 0 Å². The van der Waals surface area contributed by atoms with E-state index in [2.05, 4.69) is 15.0 Å². The van der Waals surface area contributed by atoms with E-state index in [1.807, 2.05) is 0 Å². The first kappa shape index (κ1) is 27.2. The Hall–Kier alpha value is -2.85. The Labute approximate surface area is 209 Å². The number of pyridine rings is 1. The summed E-state index contributed by atoms with van der Waals surface area (Å²) in [5.74, 6) is -0.921. The van der Waals surface area contributed by atoms with E-state index < -0.39 is 61.5 Å². The molecule has 2 unspecified atom stereocenters. The van der Waals surface area contributed by atoms with Crippen molar-refractivity contribution in [2.75, 3.05) is 33.5 Å². The van der Waals surface area contributed by atoms with Crippen LogP contribution < -0.4 is 10.1 Å². The van der Waals surface area contributed by atoms with E-state index in [0.717, 1.165) is 17.4 Å². The van der Waals surface area contributed by atoms with E-state index in [9.17, 15) is 35.9 Å². The number of nitrogens with one attached hydrogen (secondary N) is 1. The lowest BCUT2D eigenvalue weighted by Gasteiger charge is -2.47. The summed E-state index contributed by atoms with van der Waals surface area (Å²) in [4.78, 5) is 30.2. The second-order valence-corrected chi connectivity index (χ2v) is 9.16. The number of alkyl halides is 6. The molecule has 2 amide bonds. The number of halogens is 6. The first-order valence-electron chi connectivity index (χ1n) is 11.0. The van der Waals surface area contributed by atoms with Crippen LogP contribution in [0, 0.1) is 0 Å². The van der Waals surface area contributed by atoms with Gasteiger partial charge in [0.1, 0.15) is 12.7 Å². The SMILES string of the molecule is CNC(=O)c1csc2c(C(F)(F)F)cc(OC3CC4COCC(C3)N4C(=O)OCCOC(F)(F)F)nc12. The molecule has 0 spiro atoms. The van der Waals surface area contributed by atoms with Crippen molar-refractivity contribution in [2.45, 2.75) is 43.6 Å². The van der Waals surface area contributed by atoms with Gasteiger partial charge in [-0.3, -0.25) is 14.4 Å². The van der Waals surface area contributed by atoms with Crippen LogP contribution in [-0.4, -0.2) is 79.9 Å². The zero-order valence-corrected chi connectivity index (χ0v) is 20.0. The van der Waals surface area contributed by atoms with Crippen molar-refractivity contribution in [1.82, 2.24) is 15.2 Å². The van der Waals surface area contributed by atoms with Crippen LogP contribution in [0.1, 0.15) is 28.8 Å². The number of ether oxygens (including phenoxy) is 4. The molecule has 0 aromatic carbocycles. The van der Waals surface area contributed by atoms with Crippen LogP contribution in [0.25, 0.3) is 10.2 Å². The maximum Gasteiger partial charge on any atom is 0.522 e. The molecule has 2 aromatic heterocycles. The Morgan fingerprint density at radius 3 is 2.43 bits per heavy atom. The summed E-state index contributed by atoms with van der Waals surface area (Å²) in [7, 11) is 1.35. The van der Waals surface area contributed by atoms with E-state index in [-0.39, 0.29) is 47.7 Å². The largest absolute Gasteiger partial charge is 0.522 e. The molecule has 2 aliphatic rings. The lowest BCUT2D eigenvalue weighted by molar-refractivity contribution is -0.326. The van der Waals surface area contributed by atoms with Gasteiger partial charge in [-0.1, -0.05) is 0 Å². The van der Waals surface area contributed by atoms with Crippen molar-refractivity contribution in [3.63, 3.8) is 0 Å². The van der Waals surface area contributed by atoms with Crippen LogP contribution in [0.4, 0.5) is 31.1 Å². The van der Waals surface area contributed by atoms with Crippen molar-refractivity contribution in [3.05, 3.63) is 22.6 Å². The summed E-state index contributed by atoms with van der Waals surface area (Å²) in [5.41, 5.74) is -1.14. The predicted octanol–water partition coefficient (Wildman–Crippen LogP) is 3.96. The van der Waals surface area contributed by atoms with Gasteiger partial charge < -0.3 is 19.5 Å². The second-order valence-electron chi connectivity index (χ2n) is 8.28. The number of nitrogens with zero attached hydrogens (tertiary/aromatic N) is 2. The Morgan fingerprint density at radius 2 is 1.84 bits per heavy atom. The molecule has 9 nitrogen and oxygen atoms in total. The van der Waals surface area contributed by atoms with Crippen LogP contribution in [0.3, 0.4) is 0 Å². The first-order valence-corrected chi connectivity index (χ1v) is 11.9. The zero-order valence-electron chi connectivity index (χ0n) is 19.1. The standard InChI is InChI=1S/C21H21F6N3O6S/c1-28-18(31)13-9-37-17-14(20(22,23)24)6-15(29-16(13)17)36-12-4-10-7-33-8-11(5-12)30(10)19(32)34-2-3-35-21(25,26)27/h6,9-12H,2-5,7-8H2,1H3,(H,28,31). The number of morpholine rings is 1. The summed E-state index contributed by atoms with van der Waals surface area (Å²) < 4.78 is 97.1. The molecular formula is C21H21F6N3O6S. The predicted molar refractivity (Wildman–Crippen MR) is 115 cm³/mol. The quantitative estimate of drug-likeness (QED) is 0.424. The lowest BCUT2D eigenvalue weighted by Crippen LogP contribution is -2.61. The number of carbonyl (C=O) groups is 2. The molecule has 37 heavy (non-hydrogen) atoms. The fourth-order valence-corrected chi connectivity index (χ4v) is 5.37. The molecule has 2 aliphatic heterocycles. The molecule has 0 saturated carbocycles. The van der Waals surface area contributed by atoms with Crippen LogP contribution in [0.2, 0.25) is 0 Å². The summed E-state index contributed by atoms with van der Waals surface area (Å²) >= 11 is 0.747. The highest BCUT2D eigenvalue weighted by Crippen LogP contribution is 2.41. The van der Waals surface area contributed by atoms with E-state index in [1.54, 1.807) is 0 Å². The van der Waals surface area contributed by atoms with Crippen LogP contribution >= 0.6 is 11.3 Å². The van der Waals surface area contributed by atoms with Gasteiger partial charge in [-0.05, 0) is 0 Å². The highest BCUT2D eigenvalue weighted by molar-refractivity contribution is 7.17. The average Bonchev–Trinajstić information content (AvgIpc) is 3.22. The van der Waals surface area contributed by atoms with Crippen LogP contribution in [0.5, 0.6) is 5.88 Å². The molecule has 4 heterocycles. The molecular weight excluding hydrogens is 536 g/mol. The highest BCUT2D eigenvalue weighted by atomic mass is 32.1. The number of fused-ring (bicyclic) bond motifs is 3. The number of carbonyl (C=O) groups excluding carboxylic acids is 2. The van der Waals surface area contributed by atoms with Gasteiger partial charge >= 0.3 is 18.6 Å². The molecule has 2 fully saturated rings. The fraction of sp³-hybridized carbons (Fsp3) is 0.571. The number of piperidine rings is 1. The van der Waals surface area contributed by atoms with Crippen molar-refractivity contribution in [3.8, 4) is 5.88 Å². The number of hydrogen-bond acceptors (Lipinski definition) is 8. The Morgan fingerprint density at radius 1 is 1.16 bits per heavy atom. The van der Waals surface area contributed by atoms with Crippen molar-refractivity contribution >= 4 is 33.6 Å². The summed E-state index contributed by atoms with van der Waals surface area (Å²) in [6, 6.07) is -0.385. The minimum absolute atomic E-state index is 0.0178. The molecule has 1 N–H and O–H groups in total. The van der Waals surface area contributed by atoms with Gasteiger partial charge in [-0.25, -0.2) is 9.78 Å². The molecule has 204 valence electrons. The van der Waals surface area contributed by atoms with Gasteiger partial charge in [0.2, 0.25) is 5.88 Å². The summed E-state index contributed by atoms with van der Waals surface area (Å²) in [5, 5.41) is 3.66. The summed E-state index contributed by atoms with van der Waals surface area (Å²) in [6.07, 6.45) is -10.8. The minimum Gasteiger partial charge on any atom is -0.474 e. The Balaban J connectivity index is 1.49. The number of rotatable bonds is 6. The number of aromatic nitrogens is 1. The monoisotopic (exact) mass is 557 g/mol. The van der Waals surface area contributed by atoms with Crippen LogP contribution in [-0.2, 0) is 20.4 Å². The number of amides is 2. The van der Waals surface area contributed by atoms with Gasteiger partial charge in [0.05, 0.1) is 53.2 Å². The van der Waals surface area contributed by atoms with Gasteiger partial charge in [0.15, 0.2) is 0 Å². The van der Waals surface area contributed by atoms with Gasteiger partial charge in [0.25, 0.3) is 5.91 Å². The molecule has 0 radical (unpaired) electrons. The second kappa shape index (κ2) is 10.5. The molecule has 2 saturated heterocycles. The van der Waals surface area contributed by atoms with E-state index in [1.165, 1.54) is 17.3 Å². The third-order valence-corrected chi connectivity index (χ3v) is 6.83. The summed E-state index contributed by atoms with van der Waals surface area (Å²) in [6.45, 7) is -1.32. The third kappa shape index (κ3) is 6.18. The highest BCUT2D eigenvalue weighted by Gasteiger charge is 2.44. The van der Waals surface area contributed by atoms with Gasteiger partial charge in [-0.2, -0.15) is 13.2 Å². The van der Waals surface area contributed by atoms with Gasteiger partial charge in [0, 0.05) is 31.3 Å². The molecule has 2 bridgehead atoms. The minimum atomic E-state index is -4.85. The smallest absolute Gasteiger partial charge is 0.474 e. The molecule has 2 aromatic rings. The van der Waals surface area contributed by atoms with Crippen molar-refractivity contribution in [2.24, 2.45) is 0 Å². The van der Waals surface area contributed by atoms with Gasteiger partial charge in [-0.15, -0.1) is 24.5 Å². The topological polar surface area (TPSA) is 99.2 Å². The van der Waals surface area contributed by atoms with Crippen molar-refractivity contribution < 1.29 is 54.9 Å². The zero-order chi connectivity index (χ0) is 27.0. The first-order chi connectivity index (χ1) is 17.4. The maximum absolute atomic E-state index is 13.8. The maximum atomic E-state index is 13.8. The Bertz CT molecular complexity index is 1140. The molecule has 0 aliphatic carbocycles. The molecule has 4 rings (SSSR count). The number of thiophene rings is 1. The fourth-order valence-electron chi connectivity index (χ4n) is 4.34. The van der Waals surface area contributed by atoms with Crippen LogP contribution in [0.15, 0.2) is 11.4 Å². The molecule has 16 heteroatoms. The normalized spacial score (nSPS) is 22.1. The molecule has 2 atom stereocenters. The van der Waals surface area contributed by atoms with E-state index >= 15 is 0 Å². The Kier molecular flexibility index (Phi) is 7.71. The lowest BCUT2D eigenvalue weighted by atomic mass is 9.92. The van der Waals surface area contributed by atoms with E-state index in [0.29, 0.717) is 0 Å². The average molecular weight is 557 g/mol.